The summed E-state index contributed by atoms with van der Waals surface area (Å²) in [6.07, 6.45) is 3.23. The molecule has 0 radical (unpaired) electrons. The van der Waals surface area contributed by atoms with Gasteiger partial charge in [0, 0.05) is 12.7 Å². The summed E-state index contributed by atoms with van der Waals surface area (Å²) in [5.74, 6) is -0.228. The van der Waals surface area contributed by atoms with E-state index in [9.17, 15) is 4.79 Å². The van der Waals surface area contributed by atoms with Crippen molar-refractivity contribution in [1.29, 1.82) is 0 Å². The van der Waals surface area contributed by atoms with E-state index in [2.05, 4.69) is 25.8 Å². The zero-order valence-corrected chi connectivity index (χ0v) is 10.6. The lowest BCUT2D eigenvalue weighted by Gasteiger charge is -2.05. The number of hydrogen-bond acceptors (Lipinski definition) is 5. The van der Waals surface area contributed by atoms with Gasteiger partial charge in [0.25, 0.3) is 5.91 Å². The molecule has 6 heteroatoms. The lowest BCUT2D eigenvalue weighted by atomic mass is 10.3. The van der Waals surface area contributed by atoms with Crippen molar-refractivity contribution in [3.63, 3.8) is 0 Å². The highest BCUT2D eigenvalue weighted by Gasteiger charge is 2.06. The first-order chi connectivity index (χ1) is 9.29. The van der Waals surface area contributed by atoms with Crippen molar-refractivity contribution >= 4 is 11.6 Å². The molecule has 0 fully saturated rings. The van der Waals surface area contributed by atoms with E-state index in [0.29, 0.717) is 17.9 Å². The zero-order chi connectivity index (χ0) is 13.5. The van der Waals surface area contributed by atoms with Gasteiger partial charge in [0.1, 0.15) is 5.69 Å². The fourth-order valence-corrected chi connectivity index (χ4v) is 1.53. The molecular weight excluding hydrogens is 242 g/mol. The summed E-state index contributed by atoms with van der Waals surface area (Å²) >= 11 is 0. The standard InChI is InChI=1S/C13H15N5O/c1-2-14-10-5-6-12(15-8-10)13(19)16-9-11-4-3-7-17-18-11/h3-8,14H,2,9H2,1H3,(H,16,19). The highest BCUT2D eigenvalue weighted by molar-refractivity contribution is 5.92. The third kappa shape index (κ3) is 3.74. The van der Waals surface area contributed by atoms with Crippen LogP contribution in [0.3, 0.4) is 0 Å². The molecule has 0 bridgehead atoms. The van der Waals surface area contributed by atoms with Crippen molar-refractivity contribution in [2.45, 2.75) is 13.5 Å². The Morgan fingerprint density at radius 1 is 1.32 bits per heavy atom. The van der Waals surface area contributed by atoms with E-state index >= 15 is 0 Å². The Hall–Kier alpha value is -2.50. The third-order valence-corrected chi connectivity index (χ3v) is 2.43. The lowest BCUT2D eigenvalue weighted by Crippen LogP contribution is -2.24. The quantitative estimate of drug-likeness (QED) is 0.842. The van der Waals surface area contributed by atoms with E-state index in [4.69, 9.17) is 0 Å². The Labute approximate surface area is 111 Å². The topological polar surface area (TPSA) is 79.8 Å². The molecule has 6 nitrogen and oxygen atoms in total. The molecule has 2 heterocycles. The minimum Gasteiger partial charge on any atom is -0.384 e. The van der Waals surface area contributed by atoms with Gasteiger partial charge < -0.3 is 10.6 Å². The summed E-state index contributed by atoms with van der Waals surface area (Å²) in [5, 5.41) is 13.5. The number of nitrogens with one attached hydrogen (secondary N) is 2. The molecule has 0 atom stereocenters. The second kappa shape index (κ2) is 6.44. The van der Waals surface area contributed by atoms with Gasteiger partial charge in [-0.3, -0.25) is 4.79 Å². The Morgan fingerprint density at radius 2 is 2.21 bits per heavy atom. The van der Waals surface area contributed by atoms with Crippen molar-refractivity contribution in [2.24, 2.45) is 0 Å². The van der Waals surface area contributed by atoms with E-state index < -0.39 is 0 Å². The van der Waals surface area contributed by atoms with E-state index in [0.717, 1.165) is 12.2 Å². The van der Waals surface area contributed by atoms with E-state index in [-0.39, 0.29) is 5.91 Å². The molecule has 2 rings (SSSR count). The number of carbonyl (C=O) groups is 1. The van der Waals surface area contributed by atoms with Crippen LogP contribution in [0.25, 0.3) is 0 Å². The first-order valence-electron chi connectivity index (χ1n) is 6.04. The molecule has 98 valence electrons. The number of aromatic nitrogens is 3. The van der Waals surface area contributed by atoms with Crippen molar-refractivity contribution in [3.05, 3.63) is 48.0 Å². The second-order valence-corrected chi connectivity index (χ2v) is 3.86. The van der Waals surface area contributed by atoms with Crippen molar-refractivity contribution in [3.8, 4) is 0 Å². The number of nitrogens with zero attached hydrogens (tertiary/aromatic N) is 3. The number of amides is 1. The largest absolute Gasteiger partial charge is 0.384 e. The fourth-order valence-electron chi connectivity index (χ4n) is 1.53. The van der Waals surface area contributed by atoms with Gasteiger partial charge in [-0.2, -0.15) is 10.2 Å². The predicted octanol–water partition coefficient (Wildman–Crippen LogP) is 1.23. The predicted molar refractivity (Wildman–Crippen MR) is 71.6 cm³/mol. The Balaban J connectivity index is 1.92. The molecule has 19 heavy (non-hydrogen) atoms. The Kier molecular flexibility index (Phi) is 4.39. The minimum atomic E-state index is -0.228. The van der Waals surface area contributed by atoms with Crippen LogP contribution < -0.4 is 10.6 Å². The van der Waals surface area contributed by atoms with E-state index in [1.165, 1.54) is 0 Å². The average molecular weight is 257 g/mol. The van der Waals surface area contributed by atoms with Crippen molar-refractivity contribution in [2.75, 3.05) is 11.9 Å². The molecular formula is C13H15N5O. The first-order valence-corrected chi connectivity index (χ1v) is 6.04. The van der Waals surface area contributed by atoms with Crippen LogP contribution >= 0.6 is 0 Å². The Bertz CT molecular complexity index is 526. The maximum atomic E-state index is 11.8. The lowest BCUT2D eigenvalue weighted by molar-refractivity contribution is 0.0945. The number of rotatable bonds is 5. The van der Waals surface area contributed by atoms with Crippen LogP contribution in [0.2, 0.25) is 0 Å². The molecule has 0 aromatic carbocycles. The summed E-state index contributed by atoms with van der Waals surface area (Å²) < 4.78 is 0. The summed E-state index contributed by atoms with van der Waals surface area (Å²) in [5.41, 5.74) is 1.98. The number of anilines is 1. The van der Waals surface area contributed by atoms with Gasteiger partial charge >= 0.3 is 0 Å². The van der Waals surface area contributed by atoms with Gasteiger partial charge in [-0.25, -0.2) is 4.98 Å². The Morgan fingerprint density at radius 3 is 2.84 bits per heavy atom. The van der Waals surface area contributed by atoms with Crippen LogP contribution in [0.15, 0.2) is 36.7 Å². The molecule has 0 unspecified atom stereocenters. The summed E-state index contributed by atoms with van der Waals surface area (Å²) in [6.45, 7) is 3.16. The number of carbonyl (C=O) groups excluding carboxylic acids is 1. The molecule has 2 aromatic heterocycles. The fraction of sp³-hybridized carbons (Fsp3) is 0.231. The number of hydrogen-bond donors (Lipinski definition) is 2. The zero-order valence-electron chi connectivity index (χ0n) is 10.6. The van der Waals surface area contributed by atoms with Crippen LogP contribution in [0.4, 0.5) is 5.69 Å². The molecule has 2 aromatic rings. The highest BCUT2D eigenvalue weighted by Crippen LogP contribution is 2.05. The summed E-state index contributed by atoms with van der Waals surface area (Å²) in [7, 11) is 0. The van der Waals surface area contributed by atoms with Crippen LogP contribution in [-0.2, 0) is 6.54 Å². The van der Waals surface area contributed by atoms with Crippen molar-refractivity contribution < 1.29 is 4.79 Å². The summed E-state index contributed by atoms with van der Waals surface area (Å²) in [6, 6.07) is 7.09. The average Bonchev–Trinajstić information content (AvgIpc) is 2.47. The molecule has 0 saturated heterocycles. The molecule has 1 amide bonds. The molecule has 2 N–H and O–H groups in total. The van der Waals surface area contributed by atoms with Gasteiger partial charge in [0.05, 0.1) is 24.1 Å². The molecule has 0 aliphatic rings. The normalized spacial score (nSPS) is 9.95. The van der Waals surface area contributed by atoms with E-state index in [1.54, 1.807) is 30.6 Å². The van der Waals surface area contributed by atoms with E-state index in [1.807, 2.05) is 13.0 Å². The number of pyridine rings is 1. The van der Waals surface area contributed by atoms with Gasteiger partial charge in [0.15, 0.2) is 0 Å². The SMILES string of the molecule is CCNc1ccc(C(=O)NCc2cccnn2)nc1. The second-order valence-electron chi connectivity index (χ2n) is 3.86. The van der Waals surface area contributed by atoms with Crippen LogP contribution in [0.1, 0.15) is 23.1 Å². The van der Waals surface area contributed by atoms with Crippen molar-refractivity contribution in [1.82, 2.24) is 20.5 Å². The molecule has 0 aliphatic heterocycles. The molecule has 0 spiro atoms. The van der Waals surface area contributed by atoms with Crippen LogP contribution in [0, 0.1) is 0 Å². The monoisotopic (exact) mass is 257 g/mol. The van der Waals surface area contributed by atoms with Gasteiger partial charge in [0.2, 0.25) is 0 Å². The molecule has 0 saturated carbocycles. The van der Waals surface area contributed by atoms with Gasteiger partial charge in [-0.1, -0.05) is 0 Å². The van der Waals surface area contributed by atoms with Crippen LogP contribution in [-0.4, -0.2) is 27.6 Å². The highest BCUT2D eigenvalue weighted by atomic mass is 16.1. The minimum absolute atomic E-state index is 0.228. The van der Waals surface area contributed by atoms with Crippen LogP contribution in [0.5, 0.6) is 0 Å². The van der Waals surface area contributed by atoms with Gasteiger partial charge in [-0.15, -0.1) is 0 Å². The smallest absolute Gasteiger partial charge is 0.270 e. The third-order valence-electron chi connectivity index (χ3n) is 2.43. The summed E-state index contributed by atoms with van der Waals surface area (Å²) in [4.78, 5) is 15.9. The van der Waals surface area contributed by atoms with Gasteiger partial charge in [-0.05, 0) is 31.2 Å². The molecule has 0 aliphatic carbocycles. The maximum Gasteiger partial charge on any atom is 0.270 e. The maximum absolute atomic E-state index is 11.8. The first kappa shape index (κ1) is 12.9.